The van der Waals surface area contributed by atoms with Gasteiger partial charge in [0.2, 0.25) is 5.91 Å². The van der Waals surface area contributed by atoms with Crippen molar-refractivity contribution < 1.29 is 14.3 Å². The van der Waals surface area contributed by atoms with Crippen LogP contribution in [0.15, 0.2) is 29.6 Å². The first-order valence-corrected chi connectivity index (χ1v) is 10.3. The molecule has 1 aliphatic rings. The molecule has 3 rings (SSSR count). The summed E-state index contributed by atoms with van der Waals surface area (Å²) < 4.78 is 9.32. The van der Waals surface area contributed by atoms with Gasteiger partial charge in [-0.25, -0.2) is 0 Å². The molecule has 1 heterocycles. The summed E-state index contributed by atoms with van der Waals surface area (Å²) in [6, 6.07) is 6.54. The predicted octanol–water partition coefficient (Wildman–Crippen LogP) is 3.20. The van der Waals surface area contributed by atoms with Crippen LogP contribution in [0.3, 0.4) is 0 Å². The molecule has 0 spiro atoms. The van der Waals surface area contributed by atoms with Crippen molar-refractivity contribution in [3.8, 4) is 5.75 Å². The number of methoxy groups -OCH3 is 1. The van der Waals surface area contributed by atoms with Gasteiger partial charge in [0.1, 0.15) is 11.8 Å². The van der Waals surface area contributed by atoms with E-state index >= 15 is 0 Å². The fraction of sp³-hybridized carbons (Fsp3) is 0.500. The Morgan fingerprint density at radius 1 is 1.36 bits per heavy atom. The minimum Gasteiger partial charge on any atom is -0.496 e. The third-order valence-electron chi connectivity index (χ3n) is 5.06. The van der Waals surface area contributed by atoms with Crippen LogP contribution in [0.4, 0.5) is 0 Å². The number of rotatable bonds is 8. The van der Waals surface area contributed by atoms with Gasteiger partial charge in [-0.2, -0.15) is 0 Å². The number of amides is 2. The lowest BCUT2D eigenvalue weighted by Gasteiger charge is -2.34. The second kappa shape index (κ2) is 8.26. The Labute approximate surface area is 169 Å². The van der Waals surface area contributed by atoms with Crippen LogP contribution in [0.1, 0.15) is 62.1 Å². The van der Waals surface area contributed by atoms with Crippen molar-refractivity contribution in [2.24, 2.45) is 0 Å². The molecular formula is C20H26N4O3S. The Morgan fingerprint density at radius 2 is 2.07 bits per heavy atom. The molecular weight excluding hydrogens is 376 g/mol. The van der Waals surface area contributed by atoms with Gasteiger partial charge >= 0.3 is 0 Å². The lowest BCUT2D eigenvalue weighted by molar-refractivity contribution is -0.127. The van der Waals surface area contributed by atoms with E-state index in [1.54, 1.807) is 23.5 Å². The van der Waals surface area contributed by atoms with Crippen molar-refractivity contribution in [1.29, 1.82) is 0 Å². The average Bonchev–Trinajstić information content (AvgIpc) is 3.37. The molecule has 1 aromatic carbocycles. The standard InChI is InChI=1S/C20H26N4O3S/c1-5-20(2,3)21-18(25)17(14-8-6-7-9-16(14)27-4)24(13-10-11-13)19(26)15-12-28-23-22-15/h6-9,12-13,17H,5,10-11H2,1-4H3,(H,21,25)/t17-/m0/s1. The van der Waals surface area contributed by atoms with E-state index in [4.69, 9.17) is 4.74 Å². The quantitative estimate of drug-likeness (QED) is 0.733. The minimum atomic E-state index is -0.802. The van der Waals surface area contributed by atoms with Crippen LogP contribution in [0, 0.1) is 0 Å². The van der Waals surface area contributed by atoms with Crippen molar-refractivity contribution in [3.63, 3.8) is 0 Å². The summed E-state index contributed by atoms with van der Waals surface area (Å²) in [5.41, 5.74) is 0.537. The van der Waals surface area contributed by atoms with Crippen molar-refractivity contribution in [1.82, 2.24) is 19.8 Å². The molecule has 7 nitrogen and oxygen atoms in total. The van der Waals surface area contributed by atoms with Gasteiger partial charge in [0.15, 0.2) is 5.69 Å². The Kier molecular flexibility index (Phi) is 5.98. The zero-order chi connectivity index (χ0) is 20.3. The number of ether oxygens (including phenoxy) is 1. The minimum absolute atomic E-state index is 0.000369. The number of carbonyl (C=O) groups is 2. The summed E-state index contributed by atoms with van der Waals surface area (Å²) in [4.78, 5) is 28.3. The number of hydrogen-bond donors (Lipinski definition) is 1. The molecule has 0 radical (unpaired) electrons. The van der Waals surface area contributed by atoms with E-state index in [9.17, 15) is 9.59 Å². The fourth-order valence-electron chi connectivity index (χ4n) is 3.04. The summed E-state index contributed by atoms with van der Waals surface area (Å²) >= 11 is 1.12. The number of aromatic nitrogens is 2. The number of para-hydroxylation sites is 1. The molecule has 2 aromatic rings. The van der Waals surface area contributed by atoms with E-state index in [0.717, 1.165) is 30.8 Å². The SMILES string of the molecule is CCC(C)(C)NC(=O)[C@H](c1ccccc1OC)N(C(=O)c1csnn1)C1CC1. The predicted molar refractivity (Wildman–Crippen MR) is 107 cm³/mol. The average molecular weight is 403 g/mol. The molecule has 0 aliphatic heterocycles. The summed E-state index contributed by atoms with van der Waals surface area (Å²) in [6.45, 7) is 5.96. The monoisotopic (exact) mass is 402 g/mol. The third-order valence-corrected chi connectivity index (χ3v) is 5.56. The number of hydrogen-bond acceptors (Lipinski definition) is 6. The highest BCUT2D eigenvalue weighted by molar-refractivity contribution is 7.03. The summed E-state index contributed by atoms with van der Waals surface area (Å²) in [7, 11) is 1.57. The highest BCUT2D eigenvalue weighted by Gasteiger charge is 2.44. The highest BCUT2D eigenvalue weighted by Crippen LogP contribution is 2.39. The van der Waals surface area contributed by atoms with Gasteiger partial charge in [-0.15, -0.1) is 5.10 Å². The highest BCUT2D eigenvalue weighted by atomic mass is 32.1. The van der Waals surface area contributed by atoms with Gasteiger partial charge in [0.05, 0.1) is 7.11 Å². The molecule has 1 atom stereocenters. The van der Waals surface area contributed by atoms with Crippen LogP contribution in [-0.4, -0.2) is 45.0 Å². The molecule has 1 fully saturated rings. The Morgan fingerprint density at radius 3 is 2.64 bits per heavy atom. The first-order valence-electron chi connectivity index (χ1n) is 9.42. The second-order valence-corrected chi connectivity index (χ2v) is 8.21. The fourth-order valence-corrected chi connectivity index (χ4v) is 3.47. The molecule has 1 aliphatic carbocycles. The van der Waals surface area contributed by atoms with Gasteiger partial charge in [0.25, 0.3) is 5.91 Å². The maximum atomic E-state index is 13.4. The van der Waals surface area contributed by atoms with E-state index in [2.05, 4.69) is 14.9 Å². The third kappa shape index (κ3) is 4.32. The van der Waals surface area contributed by atoms with Crippen LogP contribution in [0.2, 0.25) is 0 Å². The van der Waals surface area contributed by atoms with Gasteiger partial charge in [0, 0.05) is 22.5 Å². The van der Waals surface area contributed by atoms with Crippen LogP contribution in [0.5, 0.6) is 5.75 Å². The van der Waals surface area contributed by atoms with Gasteiger partial charge in [-0.1, -0.05) is 29.6 Å². The Balaban J connectivity index is 2.06. The maximum absolute atomic E-state index is 13.4. The molecule has 8 heteroatoms. The summed E-state index contributed by atoms with van der Waals surface area (Å²) in [5, 5.41) is 8.64. The maximum Gasteiger partial charge on any atom is 0.276 e. The van der Waals surface area contributed by atoms with Crippen LogP contribution in [-0.2, 0) is 4.79 Å². The lowest BCUT2D eigenvalue weighted by Crippen LogP contribution is -2.51. The molecule has 0 unspecified atom stereocenters. The van der Waals surface area contributed by atoms with Crippen LogP contribution >= 0.6 is 11.5 Å². The van der Waals surface area contributed by atoms with Crippen molar-refractivity contribution in [3.05, 3.63) is 40.9 Å². The van der Waals surface area contributed by atoms with E-state index in [1.165, 1.54) is 0 Å². The topological polar surface area (TPSA) is 84.4 Å². The van der Waals surface area contributed by atoms with Gasteiger partial charge in [-0.3, -0.25) is 9.59 Å². The largest absolute Gasteiger partial charge is 0.496 e. The van der Waals surface area contributed by atoms with Crippen molar-refractivity contribution in [2.75, 3.05) is 7.11 Å². The van der Waals surface area contributed by atoms with Crippen molar-refractivity contribution >= 4 is 23.3 Å². The van der Waals surface area contributed by atoms with Crippen molar-refractivity contribution in [2.45, 2.75) is 57.7 Å². The zero-order valence-electron chi connectivity index (χ0n) is 16.6. The number of nitrogens with one attached hydrogen (secondary N) is 1. The molecule has 1 saturated carbocycles. The first kappa shape index (κ1) is 20.3. The summed E-state index contributed by atoms with van der Waals surface area (Å²) in [5.74, 6) is 0.0724. The molecule has 1 aromatic heterocycles. The summed E-state index contributed by atoms with van der Waals surface area (Å²) in [6.07, 6.45) is 2.49. The van der Waals surface area contributed by atoms with Crippen LogP contribution in [0.25, 0.3) is 0 Å². The number of nitrogens with zero attached hydrogens (tertiary/aromatic N) is 3. The molecule has 150 valence electrons. The first-order chi connectivity index (χ1) is 13.4. The Bertz CT molecular complexity index is 834. The number of benzene rings is 1. The van der Waals surface area contributed by atoms with E-state index < -0.39 is 11.6 Å². The Hall–Kier alpha value is -2.48. The molecule has 28 heavy (non-hydrogen) atoms. The normalized spacial score (nSPS) is 15.0. The molecule has 0 bridgehead atoms. The zero-order valence-corrected chi connectivity index (χ0v) is 17.5. The molecule has 1 N–H and O–H groups in total. The smallest absolute Gasteiger partial charge is 0.276 e. The van der Waals surface area contributed by atoms with Gasteiger partial charge < -0.3 is 15.0 Å². The molecule has 2 amide bonds. The van der Waals surface area contributed by atoms with Gasteiger partial charge in [-0.05, 0) is 50.7 Å². The van der Waals surface area contributed by atoms with Crippen LogP contribution < -0.4 is 10.1 Å². The number of carbonyl (C=O) groups excluding carboxylic acids is 2. The van der Waals surface area contributed by atoms with E-state index in [-0.39, 0.29) is 23.6 Å². The van der Waals surface area contributed by atoms with E-state index in [1.807, 2.05) is 39.0 Å². The lowest BCUT2D eigenvalue weighted by atomic mass is 9.97. The second-order valence-electron chi connectivity index (χ2n) is 7.60. The van der Waals surface area contributed by atoms with E-state index in [0.29, 0.717) is 11.3 Å². The molecule has 0 saturated heterocycles.